The van der Waals surface area contributed by atoms with Crippen LogP contribution < -0.4 is 0 Å². The predicted octanol–water partition coefficient (Wildman–Crippen LogP) is 6.67. The fraction of sp³-hybridized carbons (Fsp3) is 0.455. The number of hydrogen-bond acceptors (Lipinski definition) is 0. The second-order valence-corrected chi connectivity index (χ2v) is 6.33. The predicted molar refractivity (Wildman–Crippen MR) is 97.2 cm³/mol. The highest BCUT2D eigenvalue weighted by atomic mass is 14.3. The zero-order valence-electron chi connectivity index (χ0n) is 14.3. The molecule has 2 aromatic carbocycles. The lowest BCUT2D eigenvalue weighted by Crippen LogP contribution is -2.22. The van der Waals surface area contributed by atoms with Gasteiger partial charge in [-0.25, -0.2) is 0 Å². The van der Waals surface area contributed by atoms with Crippen LogP contribution in [0.4, 0.5) is 0 Å². The Balaban J connectivity index is 2.42. The molecule has 0 nitrogen and oxygen atoms in total. The molecule has 0 heteroatoms. The molecule has 0 aromatic heterocycles. The van der Waals surface area contributed by atoms with E-state index >= 15 is 0 Å². The Kier molecular flexibility index (Phi) is 6.71. The molecule has 0 bridgehead atoms. The van der Waals surface area contributed by atoms with Gasteiger partial charge in [-0.15, -0.1) is 0 Å². The largest absolute Gasteiger partial charge is 0.0654 e. The van der Waals surface area contributed by atoms with Gasteiger partial charge in [0.1, 0.15) is 0 Å². The maximum atomic E-state index is 2.36. The average Bonchev–Trinajstić information content (AvgIpc) is 2.59. The first kappa shape index (κ1) is 16.8. The molecule has 2 atom stereocenters. The average molecular weight is 294 g/mol. The Morgan fingerprint density at radius 2 is 1.18 bits per heavy atom. The van der Waals surface area contributed by atoms with Gasteiger partial charge in [-0.05, 0) is 23.0 Å². The Hall–Kier alpha value is -1.56. The van der Waals surface area contributed by atoms with Gasteiger partial charge in [-0.2, -0.15) is 0 Å². The Morgan fingerprint density at radius 3 is 1.55 bits per heavy atom. The molecule has 22 heavy (non-hydrogen) atoms. The van der Waals surface area contributed by atoms with Crippen molar-refractivity contribution in [2.45, 2.75) is 52.4 Å². The molecule has 0 amide bonds. The highest BCUT2D eigenvalue weighted by molar-refractivity contribution is 5.33. The summed E-state index contributed by atoms with van der Waals surface area (Å²) in [7, 11) is 0. The van der Waals surface area contributed by atoms with E-state index in [1.165, 1.54) is 36.8 Å². The van der Waals surface area contributed by atoms with Crippen molar-refractivity contribution in [1.29, 1.82) is 0 Å². The SMILES string of the molecule is CCCC(CC)C(CC)C(c1ccccc1)c1ccccc1. The molecule has 0 aliphatic rings. The summed E-state index contributed by atoms with van der Waals surface area (Å²) in [5, 5.41) is 0. The zero-order chi connectivity index (χ0) is 15.8. The minimum Gasteiger partial charge on any atom is -0.0654 e. The van der Waals surface area contributed by atoms with Crippen LogP contribution in [0.15, 0.2) is 60.7 Å². The fourth-order valence-corrected chi connectivity index (χ4v) is 3.94. The Labute approximate surface area is 136 Å². The first-order valence-corrected chi connectivity index (χ1v) is 8.91. The minimum atomic E-state index is 0.517. The van der Waals surface area contributed by atoms with Crippen molar-refractivity contribution in [3.63, 3.8) is 0 Å². The molecule has 0 aliphatic carbocycles. The van der Waals surface area contributed by atoms with Gasteiger partial charge < -0.3 is 0 Å². The van der Waals surface area contributed by atoms with E-state index in [0.717, 1.165) is 11.8 Å². The lowest BCUT2D eigenvalue weighted by atomic mass is 9.71. The molecule has 0 aliphatic heterocycles. The highest BCUT2D eigenvalue weighted by Gasteiger charge is 2.28. The van der Waals surface area contributed by atoms with Crippen molar-refractivity contribution < 1.29 is 0 Å². The fourth-order valence-electron chi connectivity index (χ4n) is 3.94. The van der Waals surface area contributed by atoms with Crippen LogP contribution in [-0.4, -0.2) is 0 Å². The van der Waals surface area contributed by atoms with Crippen molar-refractivity contribution in [1.82, 2.24) is 0 Å². The first-order valence-electron chi connectivity index (χ1n) is 8.91. The third-order valence-corrected chi connectivity index (χ3v) is 5.01. The summed E-state index contributed by atoms with van der Waals surface area (Å²) in [4.78, 5) is 0. The summed E-state index contributed by atoms with van der Waals surface area (Å²) >= 11 is 0. The van der Waals surface area contributed by atoms with E-state index in [4.69, 9.17) is 0 Å². The van der Waals surface area contributed by atoms with E-state index in [9.17, 15) is 0 Å². The normalized spacial score (nSPS) is 14.0. The summed E-state index contributed by atoms with van der Waals surface area (Å²) < 4.78 is 0. The topological polar surface area (TPSA) is 0 Å². The van der Waals surface area contributed by atoms with Gasteiger partial charge in [-0.1, -0.05) is 107 Å². The first-order chi connectivity index (χ1) is 10.8. The van der Waals surface area contributed by atoms with E-state index < -0.39 is 0 Å². The van der Waals surface area contributed by atoms with Crippen LogP contribution in [0.25, 0.3) is 0 Å². The van der Waals surface area contributed by atoms with Crippen LogP contribution >= 0.6 is 0 Å². The summed E-state index contributed by atoms with van der Waals surface area (Å²) in [6.45, 7) is 7.04. The number of benzene rings is 2. The van der Waals surface area contributed by atoms with E-state index in [-0.39, 0.29) is 0 Å². The van der Waals surface area contributed by atoms with E-state index in [0.29, 0.717) is 5.92 Å². The molecule has 0 spiro atoms. The van der Waals surface area contributed by atoms with Crippen molar-refractivity contribution in [2.24, 2.45) is 11.8 Å². The Morgan fingerprint density at radius 1 is 0.682 bits per heavy atom. The summed E-state index contributed by atoms with van der Waals surface area (Å²) in [5.74, 6) is 2.04. The van der Waals surface area contributed by atoms with Crippen molar-refractivity contribution in [3.05, 3.63) is 71.8 Å². The molecule has 0 N–H and O–H groups in total. The van der Waals surface area contributed by atoms with Crippen LogP contribution in [0.3, 0.4) is 0 Å². The molecular formula is C22H30. The quantitative estimate of drug-likeness (QED) is 0.510. The second-order valence-electron chi connectivity index (χ2n) is 6.33. The summed E-state index contributed by atoms with van der Waals surface area (Å²) in [6, 6.07) is 22.2. The third-order valence-electron chi connectivity index (χ3n) is 5.01. The monoisotopic (exact) mass is 294 g/mol. The van der Waals surface area contributed by atoms with Crippen LogP contribution in [0.1, 0.15) is 63.5 Å². The van der Waals surface area contributed by atoms with E-state index in [1.54, 1.807) is 0 Å². The minimum absolute atomic E-state index is 0.517. The maximum Gasteiger partial charge on any atom is 0.0120 e. The third kappa shape index (κ3) is 4.00. The molecule has 0 saturated carbocycles. The van der Waals surface area contributed by atoms with Crippen LogP contribution in [-0.2, 0) is 0 Å². The number of rotatable bonds is 8. The van der Waals surface area contributed by atoms with Gasteiger partial charge >= 0.3 is 0 Å². The number of hydrogen-bond donors (Lipinski definition) is 0. The highest BCUT2D eigenvalue weighted by Crippen LogP contribution is 2.40. The molecule has 0 saturated heterocycles. The molecule has 118 valence electrons. The lowest BCUT2D eigenvalue weighted by Gasteiger charge is -2.33. The van der Waals surface area contributed by atoms with Gasteiger partial charge in [0.05, 0.1) is 0 Å². The van der Waals surface area contributed by atoms with Crippen LogP contribution in [0.5, 0.6) is 0 Å². The van der Waals surface area contributed by atoms with Gasteiger partial charge in [0, 0.05) is 5.92 Å². The second kappa shape index (κ2) is 8.78. The Bertz CT molecular complexity index is 475. The van der Waals surface area contributed by atoms with Crippen LogP contribution in [0.2, 0.25) is 0 Å². The van der Waals surface area contributed by atoms with E-state index in [1.807, 2.05) is 0 Å². The standard InChI is InChI=1S/C22H30/c1-4-13-18(5-2)21(6-3)22(19-14-9-7-10-15-19)20-16-11-8-12-17-20/h7-12,14-18,21-22H,4-6,13H2,1-3H3. The summed E-state index contributed by atoms with van der Waals surface area (Å²) in [5.41, 5.74) is 2.94. The lowest BCUT2D eigenvalue weighted by molar-refractivity contribution is 0.266. The van der Waals surface area contributed by atoms with Crippen molar-refractivity contribution >= 4 is 0 Å². The molecule has 0 radical (unpaired) electrons. The van der Waals surface area contributed by atoms with Crippen LogP contribution in [0, 0.1) is 11.8 Å². The van der Waals surface area contributed by atoms with Crippen molar-refractivity contribution in [2.75, 3.05) is 0 Å². The molecule has 2 aromatic rings. The van der Waals surface area contributed by atoms with Crippen molar-refractivity contribution in [3.8, 4) is 0 Å². The van der Waals surface area contributed by atoms with Gasteiger partial charge in [0.25, 0.3) is 0 Å². The van der Waals surface area contributed by atoms with E-state index in [2.05, 4.69) is 81.4 Å². The maximum absolute atomic E-state index is 2.36. The summed E-state index contributed by atoms with van der Waals surface area (Å²) in [6.07, 6.45) is 5.14. The molecule has 2 unspecified atom stereocenters. The van der Waals surface area contributed by atoms with Gasteiger partial charge in [-0.3, -0.25) is 0 Å². The molecule has 0 fully saturated rings. The zero-order valence-corrected chi connectivity index (χ0v) is 14.3. The molecular weight excluding hydrogens is 264 g/mol. The van der Waals surface area contributed by atoms with Gasteiger partial charge in [0.15, 0.2) is 0 Å². The molecule has 0 heterocycles. The molecule has 2 rings (SSSR count). The van der Waals surface area contributed by atoms with Gasteiger partial charge in [0.2, 0.25) is 0 Å². The smallest absolute Gasteiger partial charge is 0.0120 e.